The predicted molar refractivity (Wildman–Crippen MR) is 89.5 cm³/mol. The Kier molecular flexibility index (Phi) is 6.28. The fraction of sp³-hybridized carbons (Fsp3) is 0.500. The highest BCUT2D eigenvalue weighted by Gasteiger charge is 2.14. The zero-order chi connectivity index (χ0) is 16.8. The molecule has 0 saturated heterocycles. The Morgan fingerprint density at radius 2 is 2.17 bits per heavy atom. The summed E-state index contributed by atoms with van der Waals surface area (Å²) in [4.78, 5) is 24.8. The summed E-state index contributed by atoms with van der Waals surface area (Å²) in [6, 6.07) is 3.66. The molecule has 0 radical (unpaired) electrons. The van der Waals surface area contributed by atoms with Crippen molar-refractivity contribution in [3.63, 3.8) is 0 Å². The van der Waals surface area contributed by atoms with Crippen molar-refractivity contribution in [2.24, 2.45) is 5.92 Å². The monoisotopic (exact) mass is 353 g/mol. The van der Waals surface area contributed by atoms with Gasteiger partial charge in [-0.3, -0.25) is 9.59 Å². The van der Waals surface area contributed by atoms with Gasteiger partial charge in [0.05, 0.1) is 17.2 Å². The number of tetrazole rings is 1. The van der Waals surface area contributed by atoms with Crippen molar-refractivity contribution in [1.82, 2.24) is 25.5 Å². The SMILES string of the molecule is CC(=O)NCc1ccc(C(=O)CSc2nnnn2CC(C)C)s1. The van der Waals surface area contributed by atoms with Crippen molar-refractivity contribution >= 4 is 34.8 Å². The van der Waals surface area contributed by atoms with Crippen LogP contribution in [0.1, 0.15) is 35.3 Å². The van der Waals surface area contributed by atoms with E-state index in [1.807, 2.05) is 6.07 Å². The standard InChI is InChI=1S/C14H19N5O2S2/c1-9(2)7-19-14(16-17-18-19)22-8-12(21)13-5-4-11(23-13)6-15-10(3)20/h4-5,9H,6-8H2,1-3H3,(H,15,20). The lowest BCUT2D eigenvalue weighted by atomic mass is 10.2. The van der Waals surface area contributed by atoms with E-state index in [1.54, 1.807) is 10.7 Å². The third-order valence-electron chi connectivity index (χ3n) is 2.82. The Morgan fingerprint density at radius 1 is 1.39 bits per heavy atom. The maximum absolute atomic E-state index is 12.2. The summed E-state index contributed by atoms with van der Waals surface area (Å²) in [5.41, 5.74) is 0. The van der Waals surface area contributed by atoms with Gasteiger partial charge in [0.2, 0.25) is 11.1 Å². The number of carbonyl (C=O) groups excluding carboxylic acids is 2. The molecule has 0 atom stereocenters. The molecule has 1 amide bonds. The number of nitrogens with zero attached hydrogens (tertiary/aromatic N) is 4. The van der Waals surface area contributed by atoms with E-state index in [1.165, 1.54) is 30.0 Å². The Hall–Kier alpha value is -1.74. The highest BCUT2D eigenvalue weighted by molar-refractivity contribution is 7.99. The summed E-state index contributed by atoms with van der Waals surface area (Å²) in [6.45, 7) is 6.82. The molecule has 124 valence electrons. The predicted octanol–water partition coefficient (Wildman–Crippen LogP) is 2.00. The molecule has 0 aliphatic rings. The summed E-state index contributed by atoms with van der Waals surface area (Å²) in [7, 11) is 0. The van der Waals surface area contributed by atoms with Gasteiger partial charge >= 0.3 is 0 Å². The van der Waals surface area contributed by atoms with Crippen LogP contribution in [-0.4, -0.2) is 37.7 Å². The molecule has 9 heteroatoms. The maximum atomic E-state index is 12.2. The number of amides is 1. The molecule has 2 heterocycles. The second-order valence-electron chi connectivity index (χ2n) is 5.42. The molecule has 0 aliphatic heterocycles. The van der Waals surface area contributed by atoms with Gasteiger partial charge < -0.3 is 5.32 Å². The first-order valence-electron chi connectivity index (χ1n) is 7.21. The van der Waals surface area contributed by atoms with Crippen LogP contribution in [0.4, 0.5) is 0 Å². The lowest BCUT2D eigenvalue weighted by molar-refractivity contribution is -0.119. The third kappa shape index (κ3) is 5.43. The molecule has 0 saturated carbocycles. The largest absolute Gasteiger partial charge is 0.351 e. The van der Waals surface area contributed by atoms with E-state index in [9.17, 15) is 9.59 Å². The second-order valence-corrected chi connectivity index (χ2v) is 7.54. The summed E-state index contributed by atoms with van der Waals surface area (Å²) in [5, 5.41) is 14.9. The van der Waals surface area contributed by atoms with Crippen molar-refractivity contribution in [3.8, 4) is 0 Å². The summed E-state index contributed by atoms with van der Waals surface area (Å²) in [5.74, 6) is 0.674. The number of thiophene rings is 1. The average Bonchev–Trinajstić information content (AvgIpc) is 3.11. The first kappa shape index (κ1) is 17.6. The number of nitrogens with one attached hydrogen (secondary N) is 1. The van der Waals surface area contributed by atoms with E-state index in [4.69, 9.17) is 0 Å². The smallest absolute Gasteiger partial charge is 0.217 e. The van der Waals surface area contributed by atoms with E-state index < -0.39 is 0 Å². The van der Waals surface area contributed by atoms with E-state index in [0.29, 0.717) is 28.2 Å². The van der Waals surface area contributed by atoms with Gasteiger partial charge in [0.25, 0.3) is 0 Å². The fourth-order valence-electron chi connectivity index (χ4n) is 1.80. The Labute approximate surface area is 142 Å². The number of carbonyl (C=O) groups is 2. The van der Waals surface area contributed by atoms with Crippen molar-refractivity contribution in [1.29, 1.82) is 0 Å². The quantitative estimate of drug-likeness (QED) is 0.577. The van der Waals surface area contributed by atoms with Gasteiger partial charge in [0.1, 0.15) is 0 Å². The van der Waals surface area contributed by atoms with Crippen LogP contribution in [0.5, 0.6) is 0 Å². The summed E-state index contributed by atoms with van der Waals surface area (Å²) in [6.07, 6.45) is 0. The number of thioether (sulfide) groups is 1. The molecule has 7 nitrogen and oxygen atoms in total. The summed E-state index contributed by atoms with van der Waals surface area (Å²) >= 11 is 2.74. The molecular weight excluding hydrogens is 334 g/mol. The molecule has 23 heavy (non-hydrogen) atoms. The number of hydrogen-bond acceptors (Lipinski definition) is 7. The van der Waals surface area contributed by atoms with Gasteiger partial charge in [-0.05, 0) is 28.5 Å². The zero-order valence-electron chi connectivity index (χ0n) is 13.3. The van der Waals surface area contributed by atoms with Gasteiger partial charge in [-0.25, -0.2) is 4.68 Å². The molecule has 2 aromatic heterocycles. The minimum absolute atomic E-state index is 0.0353. The molecule has 0 spiro atoms. The van der Waals surface area contributed by atoms with Crippen LogP contribution in [0.2, 0.25) is 0 Å². The lowest BCUT2D eigenvalue weighted by Crippen LogP contribution is -2.18. The normalized spacial score (nSPS) is 11.0. The molecule has 0 aromatic carbocycles. The Balaban J connectivity index is 1.90. The first-order valence-corrected chi connectivity index (χ1v) is 9.01. The van der Waals surface area contributed by atoms with E-state index in [0.717, 1.165) is 11.4 Å². The van der Waals surface area contributed by atoms with Gasteiger partial charge in [-0.1, -0.05) is 25.6 Å². The number of Topliss-reactive ketones (excluding diaryl/α,β-unsaturated/α-hetero) is 1. The van der Waals surface area contributed by atoms with Crippen molar-refractivity contribution in [3.05, 3.63) is 21.9 Å². The number of hydrogen-bond donors (Lipinski definition) is 1. The Bertz CT molecular complexity index is 680. The first-order chi connectivity index (χ1) is 11.0. The fourth-order valence-corrected chi connectivity index (χ4v) is 3.54. The van der Waals surface area contributed by atoms with Crippen LogP contribution in [0.25, 0.3) is 0 Å². The lowest BCUT2D eigenvalue weighted by Gasteiger charge is -2.05. The van der Waals surface area contributed by atoms with Crippen molar-refractivity contribution in [2.75, 3.05) is 5.75 Å². The van der Waals surface area contributed by atoms with Crippen LogP contribution >= 0.6 is 23.1 Å². The number of rotatable bonds is 8. The average molecular weight is 353 g/mol. The van der Waals surface area contributed by atoms with Gasteiger partial charge in [0.15, 0.2) is 5.78 Å². The van der Waals surface area contributed by atoms with Gasteiger partial charge in [0, 0.05) is 18.3 Å². The molecule has 1 N–H and O–H groups in total. The van der Waals surface area contributed by atoms with Gasteiger partial charge in [-0.2, -0.15) is 0 Å². The maximum Gasteiger partial charge on any atom is 0.217 e. The highest BCUT2D eigenvalue weighted by atomic mass is 32.2. The molecule has 0 aliphatic carbocycles. The van der Waals surface area contributed by atoms with E-state index >= 15 is 0 Å². The van der Waals surface area contributed by atoms with E-state index in [2.05, 4.69) is 34.7 Å². The molecule has 0 bridgehead atoms. The molecule has 0 unspecified atom stereocenters. The molecular formula is C14H19N5O2S2. The molecule has 2 aromatic rings. The molecule has 2 rings (SSSR count). The summed E-state index contributed by atoms with van der Waals surface area (Å²) < 4.78 is 1.72. The van der Waals surface area contributed by atoms with Crippen LogP contribution in [0, 0.1) is 5.92 Å². The van der Waals surface area contributed by atoms with Crippen molar-refractivity contribution < 1.29 is 9.59 Å². The zero-order valence-corrected chi connectivity index (χ0v) is 14.9. The van der Waals surface area contributed by atoms with E-state index in [-0.39, 0.29) is 11.7 Å². The minimum Gasteiger partial charge on any atom is -0.351 e. The molecule has 0 fully saturated rings. The Morgan fingerprint density at radius 3 is 2.87 bits per heavy atom. The number of aromatic nitrogens is 4. The van der Waals surface area contributed by atoms with Crippen LogP contribution in [0.3, 0.4) is 0 Å². The number of ketones is 1. The minimum atomic E-state index is -0.0844. The second kappa shape index (κ2) is 8.21. The van der Waals surface area contributed by atoms with Crippen molar-refractivity contribution in [2.45, 2.75) is 39.0 Å². The third-order valence-corrected chi connectivity index (χ3v) is 4.90. The van der Waals surface area contributed by atoms with Crippen LogP contribution < -0.4 is 5.32 Å². The highest BCUT2D eigenvalue weighted by Crippen LogP contribution is 2.21. The van der Waals surface area contributed by atoms with Gasteiger partial charge in [-0.15, -0.1) is 16.4 Å². The van der Waals surface area contributed by atoms with Crippen LogP contribution in [0.15, 0.2) is 17.3 Å². The van der Waals surface area contributed by atoms with Crippen LogP contribution in [-0.2, 0) is 17.9 Å². The topological polar surface area (TPSA) is 89.8 Å².